The zero-order chi connectivity index (χ0) is 8.27. The topological polar surface area (TPSA) is 37.3 Å². The number of aliphatic carboxylic acids is 1. The van der Waals surface area contributed by atoms with Gasteiger partial charge in [0.05, 0.1) is 0 Å². The second kappa shape index (κ2) is 5.95. The van der Waals surface area contributed by atoms with E-state index in [0.717, 1.165) is 32.1 Å². The molecular weight excluding hydrogens is 170 g/mol. The fraction of sp³-hybridized carbons (Fsp3) is 0.875. The number of halogens is 1. The summed E-state index contributed by atoms with van der Waals surface area (Å²) in [7, 11) is 0. The normalized spacial score (nSPS) is 21.1. The summed E-state index contributed by atoms with van der Waals surface area (Å²) in [6.45, 7) is 0. The summed E-state index contributed by atoms with van der Waals surface area (Å²) in [5, 5.41) is 8.36. The molecular formula is C8H14FNaO2. The standard InChI is InChI=1S/C8H13FO2.Na.H/c9-7(8(10)11)6-4-2-1-3-5-6;;/h6-7H,1-5H2,(H,10,11);;/q;+1;-1. The monoisotopic (exact) mass is 184 g/mol. The molecule has 0 bridgehead atoms. The van der Waals surface area contributed by atoms with Gasteiger partial charge in [-0.3, -0.25) is 0 Å². The van der Waals surface area contributed by atoms with E-state index in [1.54, 1.807) is 0 Å². The quantitative estimate of drug-likeness (QED) is 0.565. The molecule has 1 saturated carbocycles. The summed E-state index contributed by atoms with van der Waals surface area (Å²) < 4.78 is 12.8. The Kier molecular flexibility index (Phi) is 6.14. The number of hydrogen-bond donors (Lipinski definition) is 1. The molecule has 1 unspecified atom stereocenters. The second-order valence-corrected chi connectivity index (χ2v) is 3.14. The molecule has 0 saturated heterocycles. The second-order valence-electron chi connectivity index (χ2n) is 3.14. The fourth-order valence-electron chi connectivity index (χ4n) is 1.63. The molecule has 0 aromatic carbocycles. The van der Waals surface area contributed by atoms with Crippen molar-refractivity contribution in [1.82, 2.24) is 0 Å². The van der Waals surface area contributed by atoms with Crippen LogP contribution < -0.4 is 29.6 Å². The first-order valence-electron chi connectivity index (χ1n) is 4.08. The van der Waals surface area contributed by atoms with Crippen LogP contribution in [0.2, 0.25) is 0 Å². The third-order valence-corrected chi connectivity index (χ3v) is 2.30. The number of carbonyl (C=O) groups is 1. The van der Waals surface area contributed by atoms with Crippen molar-refractivity contribution in [3.63, 3.8) is 0 Å². The number of rotatable bonds is 2. The zero-order valence-electron chi connectivity index (χ0n) is 8.42. The van der Waals surface area contributed by atoms with Crippen LogP contribution in [-0.2, 0) is 4.79 Å². The molecule has 0 aliphatic heterocycles. The first-order valence-corrected chi connectivity index (χ1v) is 4.08. The Morgan fingerprint density at radius 3 is 2.33 bits per heavy atom. The summed E-state index contributed by atoms with van der Waals surface area (Å²) >= 11 is 0. The van der Waals surface area contributed by atoms with Crippen molar-refractivity contribution in [2.75, 3.05) is 0 Å². The minimum absolute atomic E-state index is 0. The van der Waals surface area contributed by atoms with Crippen molar-refractivity contribution < 1.29 is 45.3 Å². The van der Waals surface area contributed by atoms with Gasteiger partial charge in [-0.1, -0.05) is 19.3 Å². The SMILES string of the molecule is O=C(O)C(F)C1CCCCC1.[H-].[Na+]. The van der Waals surface area contributed by atoms with Gasteiger partial charge in [-0.2, -0.15) is 0 Å². The first kappa shape index (κ1) is 12.4. The predicted molar refractivity (Wildman–Crippen MR) is 40.2 cm³/mol. The van der Waals surface area contributed by atoms with Crippen molar-refractivity contribution in [2.24, 2.45) is 5.92 Å². The summed E-state index contributed by atoms with van der Waals surface area (Å²) in [5.41, 5.74) is 0. The van der Waals surface area contributed by atoms with Crippen molar-refractivity contribution in [2.45, 2.75) is 38.3 Å². The van der Waals surface area contributed by atoms with Gasteiger partial charge < -0.3 is 6.53 Å². The molecule has 1 aliphatic carbocycles. The van der Waals surface area contributed by atoms with Crippen LogP contribution in [0.15, 0.2) is 0 Å². The van der Waals surface area contributed by atoms with Gasteiger partial charge in [-0.15, -0.1) is 0 Å². The third kappa shape index (κ3) is 3.42. The van der Waals surface area contributed by atoms with Gasteiger partial charge in [-0.25, -0.2) is 9.18 Å². The van der Waals surface area contributed by atoms with Gasteiger partial charge in [0.15, 0.2) is 6.17 Å². The fourth-order valence-corrected chi connectivity index (χ4v) is 1.63. The predicted octanol–water partition coefficient (Wildman–Crippen LogP) is -0.894. The van der Waals surface area contributed by atoms with E-state index >= 15 is 0 Å². The summed E-state index contributed by atoms with van der Waals surface area (Å²) in [5.74, 6) is -1.52. The van der Waals surface area contributed by atoms with E-state index < -0.39 is 12.1 Å². The Hall–Kier alpha value is 0.400. The first-order chi connectivity index (χ1) is 5.22. The van der Waals surface area contributed by atoms with Crippen LogP contribution in [0.1, 0.15) is 33.5 Å². The van der Waals surface area contributed by atoms with Crippen LogP contribution in [0.3, 0.4) is 0 Å². The molecule has 0 aromatic heterocycles. The Labute approximate surface area is 95.3 Å². The molecule has 4 heteroatoms. The molecule has 66 valence electrons. The molecule has 1 aliphatic rings. The van der Waals surface area contributed by atoms with Gasteiger partial charge in [0.1, 0.15) is 0 Å². The van der Waals surface area contributed by atoms with E-state index in [9.17, 15) is 9.18 Å². The summed E-state index contributed by atoms with van der Waals surface area (Å²) in [6, 6.07) is 0. The number of hydrogen-bond acceptors (Lipinski definition) is 1. The van der Waals surface area contributed by atoms with E-state index in [0.29, 0.717) is 0 Å². The van der Waals surface area contributed by atoms with E-state index in [4.69, 9.17) is 5.11 Å². The Morgan fingerprint density at radius 2 is 1.92 bits per heavy atom. The zero-order valence-corrected chi connectivity index (χ0v) is 9.42. The smallest absolute Gasteiger partial charge is 1.00 e. The summed E-state index contributed by atoms with van der Waals surface area (Å²) in [6.07, 6.45) is 2.95. The minimum Gasteiger partial charge on any atom is -1.00 e. The van der Waals surface area contributed by atoms with E-state index in [1.807, 2.05) is 0 Å². The van der Waals surface area contributed by atoms with Crippen LogP contribution in [0.25, 0.3) is 0 Å². The van der Waals surface area contributed by atoms with Crippen molar-refractivity contribution >= 4 is 5.97 Å². The average Bonchev–Trinajstić information content (AvgIpc) is 2.05. The maximum absolute atomic E-state index is 12.8. The van der Waals surface area contributed by atoms with E-state index in [-0.39, 0.29) is 36.9 Å². The van der Waals surface area contributed by atoms with Crippen molar-refractivity contribution in [1.29, 1.82) is 0 Å². The van der Waals surface area contributed by atoms with E-state index in [2.05, 4.69) is 0 Å². The molecule has 0 heterocycles. The molecule has 12 heavy (non-hydrogen) atoms. The third-order valence-electron chi connectivity index (χ3n) is 2.30. The van der Waals surface area contributed by atoms with Crippen LogP contribution in [-0.4, -0.2) is 17.2 Å². The Morgan fingerprint density at radius 1 is 1.42 bits per heavy atom. The molecule has 1 rings (SSSR count). The molecule has 0 radical (unpaired) electrons. The Bertz CT molecular complexity index is 151. The van der Waals surface area contributed by atoms with Crippen LogP contribution in [0.5, 0.6) is 0 Å². The molecule has 1 N–H and O–H groups in total. The average molecular weight is 184 g/mol. The van der Waals surface area contributed by atoms with Gasteiger partial charge in [0.2, 0.25) is 0 Å². The maximum Gasteiger partial charge on any atom is 1.00 e. The maximum atomic E-state index is 12.8. The minimum atomic E-state index is -1.63. The van der Waals surface area contributed by atoms with Gasteiger partial charge in [0.25, 0.3) is 0 Å². The van der Waals surface area contributed by atoms with Gasteiger partial charge in [0, 0.05) is 5.92 Å². The number of carboxylic acids is 1. The van der Waals surface area contributed by atoms with Crippen LogP contribution >= 0.6 is 0 Å². The van der Waals surface area contributed by atoms with Gasteiger partial charge in [-0.05, 0) is 12.8 Å². The van der Waals surface area contributed by atoms with Crippen LogP contribution in [0, 0.1) is 5.92 Å². The Balaban J connectivity index is 0. The van der Waals surface area contributed by atoms with E-state index in [1.165, 1.54) is 0 Å². The van der Waals surface area contributed by atoms with Crippen LogP contribution in [0.4, 0.5) is 4.39 Å². The molecule has 1 atom stereocenters. The molecule has 2 nitrogen and oxygen atoms in total. The largest absolute Gasteiger partial charge is 1.00 e. The molecule has 0 spiro atoms. The van der Waals surface area contributed by atoms with Gasteiger partial charge >= 0.3 is 35.5 Å². The summed E-state index contributed by atoms with van der Waals surface area (Å²) in [4.78, 5) is 10.2. The molecule has 0 amide bonds. The van der Waals surface area contributed by atoms with Crippen molar-refractivity contribution in [3.05, 3.63) is 0 Å². The number of carboxylic acid groups (broad SMARTS) is 1. The molecule has 0 aromatic rings. The number of alkyl halides is 1. The van der Waals surface area contributed by atoms with Crippen molar-refractivity contribution in [3.8, 4) is 0 Å². The molecule has 1 fully saturated rings.